The highest BCUT2D eigenvalue weighted by Gasteiger charge is 2.62. The van der Waals surface area contributed by atoms with Gasteiger partial charge in [-0.3, -0.25) is 14.6 Å². The molecule has 174 valence electrons. The number of nitrogens with zero attached hydrogens (tertiary/aromatic N) is 1. The number of rotatable bonds is 2. The fraction of sp³-hybridized carbons (Fsp3) is 0.320. The Morgan fingerprint density at radius 1 is 1.03 bits per heavy atom. The van der Waals surface area contributed by atoms with Crippen molar-refractivity contribution in [1.82, 2.24) is 4.98 Å². The lowest BCUT2D eigenvalue weighted by Gasteiger charge is -2.37. The Morgan fingerprint density at radius 3 is 2.41 bits per heavy atom. The quantitative estimate of drug-likeness (QED) is 0.499. The van der Waals surface area contributed by atoms with Crippen molar-refractivity contribution in [2.75, 3.05) is 21.0 Å². The molecule has 1 aromatic heterocycles. The molecule has 1 aliphatic carbocycles. The second-order valence-corrected chi connectivity index (χ2v) is 9.06. The molecule has 0 saturated carbocycles. The summed E-state index contributed by atoms with van der Waals surface area (Å²) in [5.74, 6) is 0.419. The smallest absolute Gasteiger partial charge is 0.236 e. The van der Waals surface area contributed by atoms with Crippen molar-refractivity contribution >= 4 is 34.1 Å². The summed E-state index contributed by atoms with van der Waals surface area (Å²) in [6.07, 6.45) is 0.364. The molecule has 6 rings (SSSR count). The first kappa shape index (κ1) is 21.0. The lowest BCUT2D eigenvalue weighted by atomic mass is 9.70. The molecule has 0 N–H and O–H groups in total. The van der Waals surface area contributed by atoms with Gasteiger partial charge in [0.25, 0.3) is 0 Å². The third-order valence-electron chi connectivity index (χ3n) is 6.99. The van der Waals surface area contributed by atoms with E-state index in [0.29, 0.717) is 46.0 Å². The van der Waals surface area contributed by atoms with Gasteiger partial charge in [-0.05, 0) is 25.0 Å². The zero-order valence-electron chi connectivity index (χ0n) is 18.9. The number of ether oxygens (including phenoxy) is 5. The second kappa shape index (κ2) is 6.99. The Hall–Kier alpha value is -3.52. The summed E-state index contributed by atoms with van der Waals surface area (Å²) >= 11 is 6.50. The van der Waals surface area contributed by atoms with Crippen LogP contribution >= 0.6 is 11.6 Å². The Balaban J connectivity index is 1.56. The molecule has 2 aliphatic heterocycles. The molecule has 34 heavy (non-hydrogen) atoms. The van der Waals surface area contributed by atoms with E-state index in [1.807, 2.05) is 26.0 Å². The number of aryl methyl sites for hydroxylation is 1. The Labute approximate surface area is 199 Å². The summed E-state index contributed by atoms with van der Waals surface area (Å²) in [4.78, 5) is 32.8. The number of hydrogen-bond acceptors (Lipinski definition) is 8. The summed E-state index contributed by atoms with van der Waals surface area (Å²) in [7, 11) is 2.89. The maximum absolute atomic E-state index is 14.1. The number of aromatic nitrogens is 1. The minimum Gasteiger partial charge on any atom is -0.496 e. The molecule has 3 heterocycles. The summed E-state index contributed by atoms with van der Waals surface area (Å²) < 4.78 is 28.0. The Bertz CT molecular complexity index is 1450. The van der Waals surface area contributed by atoms with Crippen LogP contribution in [-0.4, -0.2) is 43.2 Å². The molecular weight excluding hydrogens is 462 g/mol. The minimum absolute atomic E-state index is 0.0984. The van der Waals surface area contributed by atoms with E-state index in [1.165, 1.54) is 20.3 Å². The van der Waals surface area contributed by atoms with Crippen LogP contribution in [0, 0.1) is 12.8 Å². The minimum atomic E-state index is -1.77. The van der Waals surface area contributed by atoms with Gasteiger partial charge in [0, 0.05) is 29.0 Å². The van der Waals surface area contributed by atoms with Crippen molar-refractivity contribution in [1.29, 1.82) is 0 Å². The van der Waals surface area contributed by atoms with Crippen LogP contribution in [0.25, 0.3) is 10.9 Å². The largest absolute Gasteiger partial charge is 0.496 e. The molecule has 2 aromatic carbocycles. The van der Waals surface area contributed by atoms with E-state index < -0.39 is 23.1 Å². The van der Waals surface area contributed by atoms with Crippen LogP contribution in [0.3, 0.4) is 0 Å². The summed E-state index contributed by atoms with van der Waals surface area (Å²) in [5.41, 5.74) is 0.787. The second-order valence-electron chi connectivity index (χ2n) is 8.68. The number of ketones is 2. The number of methoxy groups -OCH3 is 2. The van der Waals surface area contributed by atoms with Gasteiger partial charge in [0.05, 0.1) is 25.4 Å². The van der Waals surface area contributed by atoms with Crippen LogP contribution in [0.5, 0.6) is 28.7 Å². The number of pyridine rings is 1. The molecule has 9 heteroatoms. The van der Waals surface area contributed by atoms with Crippen molar-refractivity contribution in [3.05, 3.63) is 45.6 Å². The lowest BCUT2D eigenvalue weighted by molar-refractivity contribution is 0.0256. The topological polar surface area (TPSA) is 93.2 Å². The molecule has 1 spiro atoms. The maximum Gasteiger partial charge on any atom is 0.236 e. The van der Waals surface area contributed by atoms with Gasteiger partial charge in [0.2, 0.25) is 24.0 Å². The SMILES string of the molecule is COc1cc(OC)c2c(c1Cl)O[C@]1(C2=O)C(=O)c2c(nc3cc4c(cc3c2C)OCO4)C[C@H]1C. The average molecular weight is 482 g/mol. The number of halogens is 1. The first-order valence-corrected chi connectivity index (χ1v) is 11.2. The highest BCUT2D eigenvalue weighted by atomic mass is 35.5. The molecule has 8 nitrogen and oxygen atoms in total. The van der Waals surface area contributed by atoms with Gasteiger partial charge in [0.15, 0.2) is 17.2 Å². The first-order chi connectivity index (χ1) is 16.3. The molecule has 3 aliphatic rings. The molecule has 0 bridgehead atoms. The lowest BCUT2D eigenvalue weighted by Crippen LogP contribution is -2.57. The van der Waals surface area contributed by atoms with Gasteiger partial charge < -0.3 is 23.7 Å². The summed E-state index contributed by atoms with van der Waals surface area (Å²) in [5, 5.41) is 0.872. The predicted molar refractivity (Wildman–Crippen MR) is 122 cm³/mol. The third kappa shape index (κ3) is 2.46. The van der Waals surface area contributed by atoms with Gasteiger partial charge in [-0.25, -0.2) is 0 Å². The number of carbonyl (C=O) groups is 2. The molecular formula is C25H20ClNO7. The number of benzene rings is 2. The van der Waals surface area contributed by atoms with Crippen molar-refractivity contribution < 1.29 is 33.3 Å². The van der Waals surface area contributed by atoms with Crippen molar-refractivity contribution in [2.45, 2.75) is 25.9 Å². The summed E-state index contributed by atoms with van der Waals surface area (Å²) in [6.45, 7) is 3.79. The van der Waals surface area contributed by atoms with Crippen LogP contribution in [-0.2, 0) is 6.42 Å². The third-order valence-corrected chi connectivity index (χ3v) is 7.35. The molecule has 0 amide bonds. The van der Waals surface area contributed by atoms with E-state index in [1.54, 1.807) is 0 Å². The highest BCUT2D eigenvalue weighted by molar-refractivity contribution is 6.36. The van der Waals surface area contributed by atoms with Gasteiger partial charge in [-0.15, -0.1) is 0 Å². The van der Waals surface area contributed by atoms with Crippen LogP contribution in [0.4, 0.5) is 0 Å². The van der Waals surface area contributed by atoms with E-state index in [2.05, 4.69) is 0 Å². The van der Waals surface area contributed by atoms with Crippen LogP contribution in [0.15, 0.2) is 18.2 Å². The van der Waals surface area contributed by atoms with E-state index in [4.69, 9.17) is 40.3 Å². The Kier molecular flexibility index (Phi) is 4.33. The molecule has 0 unspecified atom stereocenters. The zero-order valence-corrected chi connectivity index (χ0v) is 19.7. The average Bonchev–Trinajstić information content (AvgIpc) is 3.40. The fourth-order valence-electron chi connectivity index (χ4n) is 5.24. The number of Topliss-reactive ketones (excluding diaryl/α,β-unsaturated/α-hetero) is 2. The van der Waals surface area contributed by atoms with E-state index in [0.717, 1.165) is 5.39 Å². The summed E-state index contributed by atoms with van der Waals surface area (Å²) in [6, 6.07) is 5.15. The van der Waals surface area contributed by atoms with Crippen LogP contribution in [0.1, 0.15) is 38.9 Å². The van der Waals surface area contributed by atoms with E-state index in [-0.39, 0.29) is 28.9 Å². The highest BCUT2D eigenvalue weighted by Crippen LogP contribution is 2.54. The number of hydrogen-bond donors (Lipinski definition) is 0. The van der Waals surface area contributed by atoms with E-state index in [9.17, 15) is 9.59 Å². The van der Waals surface area contributed by atoms with E-state index >= 15 is 0 Å². The predicted octanol–water partition coefficient (Wildman–Crippen LogP) is 4.33. The van der Waals surface area contributed by atoms with Gasteiger partial charge in [-0.2, -0.15) is 0 Å². The monoisotopic (exact) mass is 481 g/mol. The molecule has 0 radical (unpaired) electrons. The zero-order chi connectivity index (χ0) is 23.9. The van der Waals surface area contributed by atoms with Crippen molar-refractivity contribution in [3.8, 4) is 28.7 Å². The Morgan fingerprint density at radius 2 is 1.71 bits per heavy atom. The van der Waals surface area contributed by atoms with Crippen molar-refractivity contribution in [3.63, 3.8) is 0 Å². The maximum atomic E-state index is 14.1. The number of fused-ring (bicyclic) bond motifs is 4. The first-order valence-electron chi connectivity index (χ1n) is 10.8. The standard InChI is InChI=1S/C25H20ClNO7/c1-10-5-14-19(11(2)12-6-15-16(33-9-32-15)7-13(12)27-14)23(28)25(10)24(29)20-17(30-3)8-18(31-4)21(26)22(20)34-25/h6-8,10H,5,9H2,1-4H3/t10-,25+/m1/s1. The van der Waals surface area contributed by atoms with Crippen LogP contribution in [0.2, 0.25) is 5.02 Å². The van der Waals surface area contributed by atoms with Gasteiger partial charge in [0.1, 0.15) is 22.1 Å². The number of carbonyl (C=O) groups excluding carboxylic acids is 2. The van der Waals surface area contributed by atoms with Crippen molar-refractivity contribution in [2.24, 2.45) is 5.92 Å². The van der Waals surface area contributed by atoms with Crippen LogP contribution < -0.4 is 23.7 Å². The molecule has 0 saturated heterocycles. The molecule has 2 atom stereocenters. The van der Waals surface area contributed by atoms with Gasteiger partial charge >= 0.3 is 0 Å². The molecule has 3 aromatic rings. The normalized spacial score (nSPS) is 22.1. The van der Waals surface area contributed by atoms with Gasteiger partial charge in [-0.1, -0.05) is 18.5 Å². The molecule has 0 fully saturated rings. The fourth-order valence-corrected chi connectivity index (χ4v) is 5.51.